The van der Waals surface area contributed by atoms with Gasteiger partial charge in [-0.3, -0.25) is 4.98 Å². The molecule has 1 aromatic heterocycles. The Morgan fingerprint density at radius 2 is 1.76 bits per heavy atom. The minimum atomic E-state index is -0.362. The molecule has 1 unspecified atom stereocenters. The molecule has 0 fully saturated rings. The van der Waals surface area contributed by atoms with Crippen LogP contribution in [0.25, 0.3) is 0 Å². The van der Waals surface area contributed by atoms with E-state index in [9.17, 15) is 8.78 Å². The van der Waals surface area contributed by atoms with Crippen LogP contribution in [0.4, 0.5) is 8.78 Å². The van der Waals surface area contributed by atoms with Crippen molar-refractivity contribution in [2.75, 3.05) is 13.6 Å². The second kappa shape index (κ2) is 7.24. The molecule has 2 N–H and O–H groups in total. The average molecular weight is 291 g/mol. The van der Waals surface area contributed by atoms with E-state index in [1.54, 1.807) is 18.2 Å². The van der Waals surface area contributed by atoms with Crippen LogP contribution in [0.2, 0.25) is 0 Å². The summed E-state index contributed by atoms with van der Waals surface area (Å²) in [5.74, 6) is -0.592. The van der Waals surface area contributed by atoms with Gasteiger partial charge in [-0.25, -0.2) is 8.78 Å². The molecule has 1 heterocycles. The van der Waals surface area contributed by atoms with Gasteiger partial charge in [-0.15, -0.1) is 0 Å². The van der Waals surface area contributed by atoms with E-state index in [2.05, 4.69) is 9.88 Å². The molecule has 0 bridgehead atoms. The van der Waals surface area contributed by atoms with Crippen molar-refractivity contribution in [3.63, 3.8) is 0 Å². The Balaban J connectivity index is 1.81. The van der Waals surface area contributed by atoms with E-state index in [-0.39, 0.29) is 17.7 Å². The number of nitrogens with zero attached hydrogens (tertiary/aromatic N) is 2. The molecule has 112 valence electrons. The van der Waals surface area contributed by atoms with E-state index in [1.165, 1.54) is 24.4 Å². The van der Waals surface area contributed by atoms with E-state index >= 15 is 0 Å². The number of hydrogen-bond donors (Lipinski definition) is 1. The molecule has 2 rings (SSSR count). The van der Waals surface area contributed by atoms with Crippen LogP contribution >= 0.6 is 0 Å². The van der Waals surface area contributed by atoms with E-state index < -0.39 is 0 Å². The largest absolute Gasteiger partial charge is 0.323 e. The molecule has 0 saturated carbocycles. The summed E-state index contributed by atoms with van der Waals surface area (Å²) < 4.78 is 25.6. The second-order valence-electron chi connectivity index (χ2n) is 5.16. The third kappa shape index (κ3) is 4.88. The molecule has 1 aromatic carbocycles. The van der Waals surface area contributed by atoms with Gasteiger partial charge in [0.05, 0.1) is 11.9 Å². The molecule has 0 radical (unpaired) electrons. The SMILES string of the molecule is CN(CCC(N)c1ccc(F)cn1)Cc1ccc(F)cc1. The third-order valence-electron chi connectivity index (χ3n) is 3.32. The molecule has 3 nitrogen and oxygen atoms in total. The van der Waals surface area contributed by atoms with Gasteiger partial charge in [0.15, 0.2) is 0 Å². The standard InChI is InChI=1S/C16H19F2N3/c1-21(11-12-2-4-13(17)5-3-12)9-8-15(19)16-7-6-14(18)10-20-16/h2-7,10,15H,8-9,11,19H2,1H3. The summed E-state index contributed by atoms with van der Waals surface area (Å²) in [5, 5.41) is 0. The number of pyridine rings is 1. The van der Waals surface area contributed by atoms with Gasteiger partial charge in [0, 0.05) is 19.1 Å². The fraction of sp³-hybridized carbons (Fsp3) is 0.312. The molecule has 0 spiro atoms. The summed E-state index contributed by atoms with van der Waals surface area (Å²) in [6.45, 7) is 1.50. The number of rotatable bonds is 6. The first-order chi connectivity index (χ1) is 10.0. The lowest BCUT2D eigenvalue weighted by atomic mass is 10.1. The van der Waals surface area contributed by atoms with E-state index in [1.807, 2.05) is 7.05 Å². The van der Waals surface area contributed by atoms with Crippen molar-refractivity contribution in [3.8, 4) is 0 Å². The number of aromatic nitrogens is 1. The predicted molar refractivity (Wildman–Crippen MR) is 78.5 cm³/mol. The first kappa shape index (κ1) is 15.5. The zero-order chi connectivity index (χ0) is 15.2. The summed E-state index contributed by atoms with van der Waals surface area (Å²) >= 11 is 0. The van der Waals surface area contributed by atoms with Crippen molar-refractivity contribution in [1.82, 2.24) is 9.88 Å². The van der Waals surface area contributed by atoms with Crippen LogP contribution < -0.4 is 5.73 Å². The van der Waals surface area contributed by atoms with E-state index in [0.717, 1.165) is 25.1 Å². The van der Waals surface area contributed by atoms with Crippen LogP contribution in [0.1, 0.15) is 23.7 Å². The fourth-order valence-corrected chi connectivity index (χ4v) is 2.09. The van der Waals surface area contributed by atoms with Crippen molar-refractivity contribution >= 4 is 0 Å². The summed E-state index contributed by atoms with van der Waals surface area (Å²) in [5.41, 5.74) is 7.78. The Labute approximate surface area is 123 Å². The summed E-state index contributed by atoms with van der Waals surface area (Å²) in [7, 11) is 1.98. The zero-order valence-electron chi connectivity index (χ0n) is 12.0. The Bertz CT molecular complexity index is 555. The molecule has 21 heavy (non-hydrogen) atoms. The molecule has 5 heteroatoms. The highest BCUT2D eigenvalue weighted by Gasteiger charge is 2.09. The quantitative estimate of drug-likeness (QED) is 0.890. The molecule has 0 aliphatic carbocycles. The highest BCUT2D eigenvalue weighted by molar-refractivity contribution is 5.15. The van der Waals surface area contributed by atoms with Crippen LogP contribution in [0.15, 0.2) is 42.6 Å². The molecule has 0 amide bonds. The lowest BCUT2D eigenvalue weighted by molar-refractivity contribution is 0.310. The number of hydrogen-bond acceptors (Lipinski definition) is 3. The van der Waals surface area contributed by atoms with Crippen molar-refractivity contribution in [1.29, 1.82) is 0 Å². The van der Waals surface area contributed by atoms with Crippen LogP contribution in [-0.2, 0) is 6.54 Å². The highest BCUT2D eigenvalue weighted by atomic mass is 19.1. The van der Waals surface area contributed by atoms with Gasteiger partial charge in [-0.05, 0) is 43.3 Å². The third-order valence-corrected chi connectivity index (χ3v) is 3.32. The molecular weight excluding hydrogens is 272 g/mol. The first-order valence-electron chi connectivity index (χ1n) is 6.84. The maximum Gasteiger partial charge on any atom is 0.141 e. The topological polar surface area (TPSA) is 42.1 Å². The minimum Gasteiger partial charge on any atom is -0.323 e. The van der Waals surface area contributed by atoms with Gasteiger partial charge in [-0.2, -0.15) is 0 Å². The highest BCUT2D eigenvalue weighted by Crippen LogP contribution is 2.13. The van der Waals surface area contributed by atoms with Crippen LogP contribution in [-0.4, -0.2) is 23.5 Å². The van der Waals surface area contributed by atoms with Gasteiger partial charge in [0.25, 0.3) is 0 Å². The van der Waals surface area contributed by atoms with Crippen molar-refractivity contribution < 1.29 is 8.78 Å². The monoisotopic (exact) mass is 291 g/mol. The average Bonchev–Trinajstić information content (AvgIpc) is 2.48. The van der Waals surface area contributed by atoms with E-state index in [0.29, 0.717) is 5.69 Å². The maximum absolute atomic E-state index is 12.8. The Hall–Kier alpha value is -1.85. The summed E-state index contributed by atoms with van der Waals surface area (Å²) in [4.78, 5) is 6.10. The lowest BCUT2D eigenvalue weighted by Gasteiger charge is -2.19. The van der Waals surface area contributed by atoms with Gasteiger partial charge in [0.1, 0.15) is 11.6 Å². The lowest BCUT2D eigenvalue weighted by Crippen LogP contribution is -2.23. The summed E-state index contributed by atoms with van der Waals surface area (Å²) in [6, 6.07) is 9.21. The molecule has 1 atom stereocenters. The molecule has 0 aliphatic heterocycles. The van der Waals surface area contributed by atoms with Crippen molar-refractivity contribution in [3.05, 3.63) is 65.5 Å². The first-order valence-corrected chi connectivity index (χ1v) is 6.84. The Kier molecular flexibility index (Phi) is 5.36. The maximum atomic E-state index is 12.8. The van der Waals surface area contributed by atoms with Crippen molar-refractivity contribution in [2.24, 2.45) is 5.73 Å². The Morgan fingerprint density at radius 1 is 1.10 bits per heavy atom. The van der Waals surface area contributed by atoms with Crippen LogP contribution in [0.3, 0.4) is 0 Å². The van der Waals surface area contributed by atoms with Gasteiger partial charge in [-0.1, -0.05) is 12.1 Å². The minimum absolute atomic E-state index is 0.221. The second-order valence-corrected chi connectivity index (χ2v) is 5.16. The smallest absolute Gasteiger partial charge is 0.141 e. The Morgan fingerprint density at radius 3 is 2.38 bits per heavy atom. The number of nitrogens with two attached hydrogens (primary N) is 1. The molecule has 0 aliphatic rings. The normalized spacial score (nSPS) is 12.6. The fourth-order valence-electron chi connectivity index (χ4n) is 2.09. The number of benzene rings is 1. The van der Waals surface area contributed by atoms with E-state index in [4.69, 9.17) is 5.73 Å². The number of halogens is 2. The van der Waals surface area contributed by atoms with Gasteiger partial charge < -0.3 is 10.6 Å². The summed E-state index contributed by atoms with van der Waals surface area (Å²) in [6.07, 6.45) is 1.90. The van der Waals surface area contributed by atoms with Crippen molar-refractivity contribution in [2.45, 2.75) is 19.0 Å². The molecule has 2 aromatic rings. The van der Waals surface area contributed by atoms with Gasteiger partial charge in [0.2, 0.25) is 0 Å². The zero-order valence-corrected chi connectivity index (χ0v) is 12.0. The predicted octanol–water partition coefficient (Wildman–Crippen LogP) is 2.88. The van der Waals surface area contributed by atoms with Crippen LogP contribution in [0, 0.1) is 11.6 Å². The molecular formula is C16H19F2N3. The van der Waals surface area contributed by atoms with Crippen LogP contribution in [0.5, 0.6) is 0 Å². The van der Waals surface area contributed by atoms with Gasteiger partial charge >= 0.3 is 0 Å². The molecule has 0 saturated heterocycles.